The normalized spacial score (nSPS) is 11.6. The third kappa shape index (κ3) is 12.5. The van der Waals surface area contributed by atoms with Crippen LogP contribution in [0.3, 0.4) is 0 Å². The van der Waals surface area contributed by atoms with Gasteiger partial charge in [-0.2, -0.15) is 15.3 Å². The van der Waals surface area contributed by atoms with E-state index in [9.17, 15) is 55.5 Å². The first kappa shape index (κ1) is 49.8. The van der Waals surface area contributed by atoms with Crippen molar-refractivity contribution in [1.29, 1.82) is 0 Å². The molecule has 0 unspecified atom stereocenters. The summed E-state index contributed by atoms with van der Waals surface area (Å²) in [7, 11) is -11.2. The molecule has 4 N–H and O–H groups in total. The van der Waals surface area contributed by atoms with E-state index in [1.807, 2.05) is 0 Å². The van der Waals surface area contributed by atoms with E-state index in [1.165, 1.54) is 30.3 Å². The quantitative estimate of drug-likeness (QED) is 0.0177. The van der Waals surface area contributed by atoms with Gasteiger partial charge in [0, 0.05) is 17.1 Å². The van der Waals surface area contributed by atoms with E-state index >= 15 is 0 Å². The number of nitrogens with one attached hydrogen (secondary N) is 1. The number of ether oxygens (including phenoxy) is 2. The first-order chi connectivity index (χ1) is 27.9. The molecule has 0 aliphatic carbocycles. The fourth-order valence-electron chi connectivity index (χ4n) is 5.13. The third-order valence-electron chi connectivity index (χ3n) is 7.83. The van der Waals surface area contributed by atoms with Crippen LogP contribution < -0.4 is 74.9 Å². The van der Waals surface area contributed by atoms with Crippen molar-refractivity contribution in [1.82, 2.24) is 0 Å². The van der Waals surface area contributed by atoms with Crippen LogP contribution >= 0.6 is 0 Å². The summed E-state index contributed by atoms with van der Waals surface area (Å²) >= 11 is 0. The SMILES string of the molecule is Cc1cc(N=Nc2cc(S(=O)(=O)[O-])c3cc(S(=O)(=O)[O-])c(N=Nc4ccc(NC(=O)CCOC=O)cc4[N+](=O)[O-])c(O)c3c2N)ccc1N=Nc1ccc(OC=O)cc1.[Na+].[Na+]. The largest absolute Gasteiger partial charge is 1.00 e. The molecule has 0 aromatic heterocycles. The number of nitrogens with two attached hydrogens (primary N) is 1. The van der Waals surface area contributed by atoms with Crippen molar-refractivity contribution >= 4 is 101 Å². The molecule has 0 atom stereocenters. The Balaban J connectivity index is 0.00000496. The molecule has 5 rings (SSSR count). The molecule has 0 aliphatic rings. The summed E-state index contributed by atoms with van der Waals surface area (Å²) in [5.41, 5.74) is 4.09. The Morgan fingerprint density at radius 3 is 2.02 bits per heavy atom. The van der Waals surface area contributed by atoms with Crippen LogP contribution in [0.5, 0.6) is 11.5 Å². The topological polar surface area (TPSA) is 360 Å². The first-order valence-electron chi connectivity index (χ1n) is 16.1. The Bertz CT molecular complexity index is 2840. The summed E-state index contributed by atoms with van der Waals surface area (Å²) in [6.45, 7) is 1.78. The summed E-state index contributed by atoms with van der Waals surface area (Å²) in [5.74, 6) is -1.66. The van der Waals surface area contributed by atoms with E-state index < -0.39 is 85.8 Å². The fraction of sp³-hybridized carbons (Fsp3) is 0.0882. The van der Waals surface area contributed by atoms with Gasteiger partial charge in [0.25, 0.3) is 18.6 Å². The van der Waals surface area contributed by atoms with Crippen molar-refractivity contribution in [2.45, 2.75) is 23.1 Å². The van der Waals surface area contributed by atoms with E-state index in [1.54, 1.807) is 19.1 Å². The zero-order chi connectivity index (χ0) is 43.1. The van der Waals surface area contributed by atoms with Crippen LogP contribution in [0.15, 0.2) is 113 Å². The number of phenols is 1. The van der Waals surface area contributed by atoms with E-state index in [0.717, 1.165) is 18.2 Å². The number of azo groups is 3. The number of rotatable bonds is 16. The number of hydrogen-bond acceptors (Lipinski definition) is 21. The molecule has 0 spiro atoms. The van der Waals surface area contributed by atoms with E-state index in [-0.39, 0.29) is 96.5 Å². The summed E-state index contributed by atoms with van der Waals surface area (Å²) in [5, 5.41) is 47.4. The zero-order valence-corrected chi connectivity index (χ0v) is 37.4. The number of phenolic OH excluding ortho intramolecular Hbond substituents is 1. The number of nitro groups is 1. The molecule has 1 amide bonds. The van der Waals surface area contributed by atoms with Gasteiger partial charge in [0.05, 0.1) is 55.9 Å². The van der Waals surface area contributed by atoms with Gasteiger partial charge in [-0.3, -0.25) is 24.5 Å². The van der Waals surface area contributed by atoms with E-state index in [2.05, 4.69) is 40.7 Å². The van der Waals surface area contributed by atoms with Crippen molar-refractivity contribution in [3.63, 3.8) is 0 Å². The van der Waals surface area contributed by atoms with Gasteiger partial charge in [0.15, 0.2) is 11.4 Å². The van der Waals surface area contributed by atoms with Crippen molar-refractivity contribution in [2.75, 3.05) is 17.7 Å². The molecule has 0 aliphatic heterocycles. The smallest absolute Gasteiger partial charge is 0.744 e. The van der Waals surface area contributed by atoms with Crippen LogP contribution in [-0.4, -0.2) is 61.4 Å². The average Bonchev–Trinajstić information content (AvgIpc) is 3.17. The number of carbonyl (C=O) groups excluding carboxylic acids is 3. The Kier molecular flexibility index (Phi) is 17.3. The number of fused-ring (bicyclic) bond motifs is 1. The van der Waals surface area contributed by atoms with E-state index in [0.29, 0.717) is 34.8 Å². The fourth-order valence-corrected chi connectivity index (χ4v) is 6.45. The Morgan fingerprint density at radius 1 is 0.803 bits per heavy atom. The standard InChI is InChI=1S/C34H27N9O14S2.2Na/c1-18-12-21(5-8-24(18)39-37-19-2-6-22(7-3-19)57-17-45)38-41-26-15-28(58(50,51)52)23-14-29(59(53,54)55)33(34(47)31(23)32(26)35)42-40-25-9-4-20(13-27(25)43(48)49)36-30(46)10-11-56-16-44;;/h2-9,12-17,47H,10-11,35H2,1H3,(H,36,46)(H,50,51,52)(H,53,54,55);;/q;2*+1/p-2. The zero-order valence-electron chi connectivity index (χ0n) is 31.8. The second-order valence-electron chi connectivity index (χ2n) is 11.7. The summed E-state index contributed by atoms with van der Waals surface area (Å²) in [4.78, 5) is 41.2. The predicted molar refractivity (Wildman–Crippen MR) is 201 cm³/mol. The second-order valence-corrected chi connectivity index (χ2v) is 14.4. The number of nitrogen functional groups attached to an aromatic ring is 1. The van der Waals surface area contributed by atoms with Crippen LogP contribution in [0.2, 0.25) is 0 Å². The molecule has 27 heteroatoms. The minimum Gasteiger partial charge on any atom is -0.744 e. The van der Waals surface area contributed by atoms with Gasteiger partial charge >= 0.3 is 59.1 Å². The van der Waals surface area contributed by atoms with Crippen molar-refractivity contribution in [3.8, 4) is 11.5 Å². The summed E-state index contributed by atoms with van der Waals surface area (Å²) in [6.07, 6.45) is -0.288. The van der Waals surface area contributed by atoms with Gasteiger partial charge in [-0.15, -0.1) is 15.3 Å². The monoisotopic (exact) mass is 893 g/mol. The predicted octanol–water partition coefficient (Wildman–Crippen LogP) is 0.443. The van der Waals surface area contributed by atoms with Crippen molar-refractivity contribution < 1.29 is 119 Å². The molecule has 304 valence electrons. The minimum absolute atomic E-state index is 0. The van der Waals surface area contributed by atoms with Gasteiger partial charge in [-0.25, -0.2) is 16.8 Å². The maximum Gasteiger partial charge on any atom is 1.00 e. The Labute approximate surface area is 388 Å². The number of aromatic hydroxyl groups is 1. The first-order valence-corrected chi connectivity index (χ1v) is 19.0. The van der Waals surface area contributed by atoms with Gasteiger partial charge in [0.2, 0.25) is 5.91 Å². The van der Waals surface area contributed by atoms with Crippen LogP contribution in [0.1, 0.15) is 12.0 Å². The second kappa shape index (κ2) is 21.3. The molecule has 0 saturated heterocycles. The summed E-state index contributed by atoms with van der Waals surface area (Å²) < 4.78 is 83.6. The molecule has 0 bridgehead atoms. The molecule has 23 nitrogen and oxygen atoms in total. The van der Waals surface area contributed by atoms with Gasteiger partial charge in [0.1, 0.15) is 37.4 Å². The number of hydrogen-bond donors (Lipinski definition) is 3. The number of benzene rings is 5. The molecular weight excluding hydrogens is 869 g/mol. The average molecular weight is 894 g/mol. The number of anilines is 2. The number of amides is 1. The molecule has 61 heavy (non-hydrogen) atoms. The Morgan fingerprint density at radius 2 is 1.41 bits per heavy atom. The van der Waals surface area contributed by atoms with Crippen LogP contribution in [-0.2, 0) is 39.4 Å². The van der Waals surface area contributed by atoms with Crippen LogP contribution in [0, 0.1) is 17.0 Å². The number of nitro benzene ring substituents is 1. The molecule has 0 saturated carbocycles. The maximum atomic E-state index is 12.4. The van der Waals surface area contributed by atoms with Gasteiger partial charge < -0.3 is 34.7 Å². The molecular formula is C34H25N9Na2O14S2. The Hall–Kier alpha value is -5.61. The molecule has 0 radical (unpaired) electrons. The maximum absolute atomic E-state index is 12.4. The van der Waals surface area contributed by atoms with Crippen molar-refractivity contribution in [2.24, 2.45) is 30.7 Å². The summed E-state index contributed by atoms with van der Waals surface area (Å²) in [6, 6.07) is 14.6. The van der Waals surface area contributed by atoms with Gasteiger partial charge in [-0.05, 0) is 79.2 Å². The van der Waals surface area contributed by atoms with Crippen LogP contribution in [0.25, 0.3) is 10.8 Å². The molecule has 5 aromatic carbocycles. The number of aryl methyl sites for hydroxylation is 1. The number of carbonyl (C=O) groups is 3. The molecule has 0 fully saturated rings. The molecule has 0 heterocycles. The van der Waals surface area contributed by atoms with Crippen LogP contribution in [0.4, 0.5) is 51.2 Å². The minimum atomic E-state index is -5.66. The molecule has 5 aromatic rings. The third-order valence-corrected chi connectivity index (χ3v) is 9.56. The van der Waals surface area contributed by atoms with Crippen molar-refractivity contribution in [3.05, 3.63) is 88.5 Å². The number of nitrogens with zero attached hydrogens (tertiary/aromatic N) is 7. The van der Waals surface area contributed by atoms with E-state index in [4.69, 9.17) is 10.5 Å². The van der Waals surface area contributed by atoms with Gasteiger partial charge in [-0.1, -0.05) is 0 Å².